The minimum Gasteiger partial charge on any atom is -0.334 e. The van der Waals surface area contributed by atoms with Crippen LogP contribution in [0.1, 0.15) is 51.3 Å². The maximum Gasteiger partial charge on any atom is 0.105 e. The lowest BCUT2D eigenvalue weighted by Gasteiger charge is -2.16. The zero-order valence-corrected chi connectivity index (χ0v) is 11.9. The van der Waals surface area contributed by atoms with Gasteiger partial charge in [0.15, 0.2) is 0 Å². The van der Waals surface area contributed by atoms with Gasteiger partial charge in [-0.05, 0) is 39.2 Å². The molecule has 1 aliphatic rings. The van der Waals surface area contributed by atoms with Crippen molar-refractivity contribution in [1.29, 1.82) is 0 Å². The SMILES string of the molecule is Cc1nccn1C[C@@H](C)NCCCC1CCCC1. The first-order chi connectivity index (χ1) is 8.75. The summed E-state index contributed by atoms with van der Waals surface area (Å²) >= 11 is 0. The Kier molecular flexibility index (Phi) is 5.24. The second-order valence-electron chi connectivity index (χ2n) is 5.77. The van der Waals surface area contributed by atoms with Gasteiger partial charge in [0.1, 0.15) is 5.82 Å². The molecule has 1 aromatic heterocycles. The van der Waals surface area contributed by atoms with Crippen molar-refractivity contribution in [3.8, 4) is 0 Å². The van der Waals surface area contributed by atoms with E-state index >= 15 is 0 Å². The van der Waals surface area contributed by atoms with Crippen molar-refractivity contribution in [2.75, 3.05) is 6.54 Å². The Morgan fingerprint density at radius 1 is 1.44 bits per heavy atom. The van der Waals surface area contributed by atoms with Crippen LogP contribution < -0.4 is 5.32 Å². The van der Waals surface area contributed by atoms with Crippen LogP contribution in [0.2, 0.25) is 0 Å². The Morgan fingerprint density at radius 2 is 2.22 bits per heavy atom. The van der Waals surface area contributed by atoms with Crippen LogP contribution in [0.25, 0.3) is 0 Å². The second kappa shape index (κ2) is 6.93. The molecule has 3 nitrogen and oxygen atoms in total. The highest BCUT2D eigenvalue weighted by molar-refractivity contribution is 4.89. The molecule has 102 valence electrons. The number of hydrogen-bond donors (Lipinski definition) is 1. The van der Waals surface area contributed by atoms with Gasteiger partial charge in [-0.3, -0.25) is 0 Å². The van der Waals surface area contributed by atoms with Crippen LogP contribution in [0, 0.1) is 12.8 Å². The van der Waals surface area contributed by atoms with E-state index in [9.17, 15) is 0 Å². The molecule has 0 spiro atoms. The molecule has 1 fully saturated rings. The molecule has 0 aliphatic heterocycles. The topological polar surface area (TPSA) is 29.9 Å². The van der Waals surface area contributed by atoms with E-state index in [1.165, 1.54) is 38.5 Å². The summed E-state index contributed by atoms with van der Waals surface area (Å²) in [4.78, 5) is 4.25. The van der Waals surface area contributed by atoms with Crippen molar-refractivity contribution in [1.82, 2.24) is 14.9 Å². The van der Waals surface area contributed by atoms with Crippen LogP contribution in [-0.4, -0.2) is 22.1 Å². The van der Waals surface area contributed by atoms with E-state index in [0.717, 1.165) is 24.8 Å². The van der Waals surface area contributed by atoms with Crippen LogP contribution in [0.5, 0.6) is 0 Å². The van der Waals surface area contributed by atoms with Crippen LogP contribution in [0.15, 0.2) is 12.4 Å². The van der Waals surface area contributed by atoms with E-state index in [1.54, 1.807) is 0 Å². The van der Waals surface area contributed by atoms with E-state index in [-0.39, 0.29) is 0 Å². The Bertz CT molecular complexity index is 339. The van der Waals surface area contributed by atoms with Crippen molar-refractivity contribution in [3.05, 3.63) is 18.2 Å². The van der Waals surface area contributed by atoms with Gasteiger partial charge in [0.25, 0.3) is 0 Å². The molecule has 0 saturated heterocycles. The molecule has 0 radical (unpaired) electrons. The Labute approximate surface area is 111 Å². The molecule has 1 aliphatic carbocycles. The average Bonchev–Trinajstić information content (AvgIpc) is 2.98. The minimum atomic E-state index is 0.529. The second-order valence-corrected chi connectivity index (χ2v) is 5.77. The number of rotatable bonds is 7. The van der Waals surface area contributed by atoms with Gasteiger partial charge in [-0.15, -0.1) is 0 Å². The molecular formula is C15H27N3. The lowest BCUT2D eigenvalue weighted by molar-refractivity contribution is 0.430. The van der Waals surface area contributed by atoms with E-state index in [2.05, 4.69) is 34.9 Å². The predicted molar refractivity (Wildman–Crippen MR) is 75.6 cm³/mol. The minimum absolute atomic E-state index is 0.529. The fourth-order valence-electron chi connectivity index (χ4n) is 2.99. The molecule has 0 bridgehead atoms. The predicted octanol–water partition coefficient (Wildman–Crippen LogP) is 3.14. The third-order valence-corrected chi connectivity index (χ3v) is 4.15. The summed E-state index contributed by atoms with van der Waals surface area (Å²) in [5, 5.41) is 3.62. The molecule has 0 unspecified atom stereocenters. The average molecular weight is 249 g/mol. The van der Waals surface area contributed by atoms with Gasteiger partial charge >= 0.3 is 0 Å². The fraction of sp³-hybridized carbons (Fsp3) is 0.800. The Balaban J connectivity index is 1.57. The first-order valence-electron chi connectivity index (χ1n) is 7.47. The van der Waals surface area contributed by atoms with E-state index < -0.39 is 0 Å². The normalized spacial score (nSPS) is 18.3. The fourth-order valence-corrected chi connectivity index (χ4v) is 2.99. The molecule has 0 amide bonds. The number of nitrogens with one attached hydrogen (secondary N) is 1. The maximum absolute atomic E-state index is 4.25. The highest BCUT2D eigenvalue weighted by Crippen LogP contribution is 2.28. The summed E-state index contributed by atoms with van der Waals surface area (Å²) in [6.07, 6.45) is 12.6. The molecule has 1 atom stereocenters. The molecule has 0 aromatic carbocycles. The van der Waals surface area contributed by atoms with Crippen molar-refractivity contribution >= 4 is 0 Å². The third kappa shape index (κ3) is 4.13. The van der Waals surface area contributed by atoms with Crippen molar-refractivity contribution in [2.24, 2.45) is 5.92 Å². The van der Waals surface area contributed by atoms with Gasteiger partial charge in [0.2, 0.25) is 0 Å². The first-order valence-corrected chi connectivity index (χ1v) is 7.47. The van der Waals surface area contributed by atoms with E-state index in [0.29, 0.717) is 6.04 Å². The molecule has 1 N–H and O–H groups in total. The summed E-state index contributed by atoms with van der Waals surface area (Å²) < 4.78 is 2.22. The van der Waals surface area contributed by atoms with Gasteiger partial charge < -0.3 is 9.88 Å². The Hall–Kier alpha value is -0.830. The number of hydrogen-bond acceptors (Lipinski definition) is 2. The molecule has 3 heteroatoms. The monoisotopic (exact) mass is 249 g/mol. The summed E-state index contributed by atoms with van der Waals surface area (Å²) in [6.45, 7) is 6.50. The quantitative estimate of drug-likeness (QED) is 0.752. The van der Waals surface area contributed by atoms with Crippen LogP contribution in [0.3, 0.4) is 0 Å². The van der Waals surface area contributed by atoms with Crippen molar-refractivity contribution in [2.45, 2.75) is 65.0 Å². The van der Waals surface area contributed by atoms with Crippen LogP contribution in [-0.2, 0) is 6.54 Å². The largest absolute Gasteiger partial charge is 0.334 e. The van der Waals surface area contributed by atoms with Gasteiger partial charge in [-0.2, -0.15) is 0 Å². The third-order valence-electron chi connectivity index (χ3n) is 4.15. The summed E-state index contributed by atoms with van der Waals surface area (Å²) in [6, 6.07) is 0.529. The molecule has 2 rings (SSSR count). The number of imidazole rings is 1. The maximum atomic E-state index is 4.25. The lowest BCUT2D eigenvalue weighted by Crippen LogP contribution is -2.31. The summed E-state index contributed by atoms with van der Waals surface area (Å²) in [5.74, 6) is 2.13. The lowest BCUT2D eigenvalue weighted by atomic mass is 10.0. The standard InChI is InChI=1S/C15H27N3/c1-13(12-18-11-10-17-14(18)2)16-9-5-8-15-6-3-4-7-15/h10-11,13,15-16H,3-9,12H2,1-2H3/t13-/m1/s1. The first kappa shape index (κ1) is 13.6. The molecular weight excluding hydrogens is 222 g/mol. The summed E-state index contributed by atoms with van der Waals surface area (Å²) in [7, 11) is 0. The smallest absolute Gasteiger partial charge is 0.105 e. The van der Waals surface area contributed by atoms with Crippen LogP contribution >= 0.6 is 0 Å². The number of nitrogens with zero attached hydrogens (tertiary/aromatic N) is 2. The number of aromatic nitrogens is 2. The summed E-state index contributed by atoms with van der Waals surface area (Å²) in [5.41, 5.74) is 0. The molecule has 1 aromatic rings. The van der Waals surface area contributed by atoms with Crippen molar-refractivity contribution in [3.63, 3.8) is 0 Å². The Morgan fingerprint density at radius 3 is 2.89 bits per heavy atom. The van der Waals surface area contributed by atoms with Gasteiger partial charge in [-0.1, -0.05) is 25.7 Å². The van der Waals surface area contributed by atoms with Gasteiger partial charge in [0.05, 0.1) is 0 Å². The van der Waals surface area contributed by atoms with Gasteiger partial charge in [0, 0.05) is 25.0 Å². The zero-order chi connectivity index (χ0) is 12.8. The highest BCUT2D eigenvalue weighted by atomic mass is 15.1. The van der Waals surface area contributed by atoms with E-state index in [1.807, 2.05) is 6.20 Å². The van der Waals surface area contributed by atoms with Crippen molar-refractivity contribution < 1.29 is 0 Å². The van der Waals surface area contributed by atoms with Gasteiger partial charge in [-0.25, -0.2) is 4.98 Å². The van der Waals surface area contributed by atoms with E-state index in [4.69, 9.17) is 0 Å². The molecule has 1 heterocycles. The number of aryl methyl sites for hydroxylation is 1. The molecule has 18 heavy (non-hydrogen) atoms. The highest BCUT2D eigenvalue weighted by Gasteiger charge is 2.14. The van der Waals surface area contributed by atoms with Crippen LogP contribution in [0.4, 0.5) is 0 Å². The molecule has 1 saturated carbocycles. The zero-order valence-electron chi connectivity index (χ0n) is 11.9.